The van der Waals surface area contributed by atoms with Gasteiger partial charge in [0.05, 0.1) is 31.1 Å². The van der Waals surface area contributed by atoms with E-state index in [1.165, 1.54) is 12.1 Å². The van der Waals surface area contributed by atoms with E-state index in [0.29, 0.717) is 12.5 Å². The number of carbonyl (C=O) groups excluding carboxylic acids is 1. The highest BCUT2D eigenvalue weighted by molar-refractivity contribution is 5.87. The first kappa shape index (κ1) is 27.7. The number of nitrogens with zero attached hydrogens (tertiary/aromatic N) is 3. The Bertz CT molecular complexity index is 1230. The molecule has 0 aliphatic carbocycles. The first-order chi connectivity index (χ1) is 17.9. The van der Waals surface area contributed by atoms with Gasteiger partial charge in [-0.2, -0.15) is 0 Å². The highest BCUT2D eigenvalue weighted by Crippen LogP contribution is 2.36. The van der Waals surface area contributed by atoms with E-state index in [1.807, 2.05) is 42.5 Å². The molecule has 0 spiro atoms. The molecule has 0 radical (unpaired) electrons. The SMILES string of the molecule is O=C(O[C@H]1C[N+]2(CCc3ccc([N+](=O)[O-])cc3)CCC1CC2)N(Cc1ccc(F)cc1)c1ccccc1.[Br-]. The molecule has 3 heterocycles. The van der Waals surface area contributed by atoms with Crippen LogP contribution in [0, 0.1) is 21.8 Å². The largest absolute Gasteiger partial charge is 1.00 e. The van der Waals surface area contributed by atoms with Crippen molar-refractivity contribution in [1.29, 1.82) is 0 Å². The van der Waals surface area contributed by atoms with Crippen LogP contribution < -0.4 is 21.9 Å². The molecule has 38 heavy (non-hydrogen) atoms. The lowest BCUT2D eigenvalue weighted by molar-refractivity contribution is -0.945. The Morgan fingerprint density at radius 2 is 1.61 bits per heavy atom. The van der Waals surface area contributed by atoms with Gasteiger partial charge < -0.3 is 26.2 Å². The molecule has 0 aromatic heterocycles. The molecule has 1 atom stereocenters. The van der Waals surface area contributed by atoms with Gasteiger partial charge in [0.15, 0.2) is 6.10 Å². The van der Waals surface area contributed by atoms with Gasteiger partial charge in [-0.25, -0.2) is 9.18 Å². The summed E-state index contributed by atoms with van der Waals surface area (Å²) in [6, 6.07) is 22.4. The molecule has 0 saturated carbocycles. The minimum Gasteiger partial charge on any atom is -1.00 e. The molecule has 0 N–H and O–H groups in total. The van der Waals surface area contributed by atoms with Crippen molar-refractivity contribution in [3.05, 3.63) is 106 Å². The number of non-ortho nitro benzene ring substituents is 1. The van der Waals surface area contributed by atoms with E-state index in [9.17, 15) is 19.3 Å². The van der Waals surface area contributed by atoms with Gasteiger partial charge in [-0.15, -0.1) is 0 Å². The Hall–Kier alpha value is -3.30. The minimum absolute atomic E-state index is 0. The van der Waals surface area contributed by atoms with Gasteiger partial charge >= 0.3 is 6.09 Å². The maximum Gasteiger partial charge on any atom is 0.415 e. The number of hydrogen-bond acceptors (Lipinski definition) is 4. The van der Waals surface area contributed by atoms with Gasteiger partial charge in [-0.3, -0.25) is 15.0 Å². The molecule has 3 saturated heterocycles. The monoisotopic (exact) mass is 583 g/mol. The Kier molecular flexibility index (Phi) is 8.79. The molecule has 3 aromatic carbocycles. The van der Waals surface area contributed by atoms with Crippen molar-refractivity contribution in [2.24, 2.45) is 5.92 Å². The predicted octanol–water partition coefficient (Wildman–Crippen LogP) is 2.73. The van der Waals surface area contributed by atoms with Gasteiger partial charge in [0.25, 0.3) is 5.69 Å². The lowest BCUT2D eigenvalue weighted by atomic mass is 9.83. The number of rotatable bonds is 8. The van der Waals surface area contributed by atoms with Gasteiger partial charge in [-0.05, 0) is 35.4 Å². The number of amides is 1. The third-order valence-electron chi connectivity index (χ3n) is 7.86. The lowest BCUT2D eigenvalue weighted by Gasteiger charge is -2.52. The van der Waals surface area contributed by atoms with Gasteiger partial charge in [0.2, 0.25) is 0 Å². The van der Waals surface area contributed by atoms with E-state index in [0.717, 1.165) is 66.7 Å². The minimum atomic E-state index is -0.386. The number of fused-ring (bicyclic) bond motifs is 3. The standard InChI is InChI=1S/C29H31FN3O4.BrH/c30-25-10-6-23(7-11-25)20-31(26-4-2-1-3-5-26)29(34)37-28-21-33(18-15-24(28)16-19-33)17-14-22-8-12-27(13-9-22)32(35)36;/h1-13,24,28H,14-21H2;1H/q+1;/p-1/t24?,28-,33?;/m0./s1. The number of anilines is 1. The molecule has 3 fully saturated rings. The smallest absolute Gasteiger partial charge is 0.415 e. The number of piperidine rings is 3. The van der Waals surface area contributed by atoms with Gasteiger partial charge in [0.1, 0.15) is 12.4 Å². The number of nitro groups is 1. The molecular weight excluding hydrogens is 553 g/mol. The second kappa shape index (κ2) is 12.0. The first-order valence-electron chi connectivity index (χ1n) is 12.8. The molecule has 3 aliphatic rings. The first-order valence-corrected chi connectivity index (χ1v) is 12.8. The normalized spacial score (nSPS) is 21.8. The zero-order valence-electron chi connectivity index (χ0n) is 21.0. The lowest BCUT2D eigenvalue weighted by Crippen LogP contribution is -3.00. The fourth-order valence-corrected chi connectivity index (χ4v) is 5.65. The number of halogens is 2. The average Bonchev–Trinajstić information content (AvgIpc) is 2.93. The Labute approximate surface area is 232 Å². The summed E-state index contributed by atoms with van der Waals surface area (Å²) in [5, 5.41) is 10.9. The molecular formula is C29H31BrFN3O4. The Balaban J connectivity index is 0.00000336. The summed E-state index contributed by atoms with van der Waals surface area (Å²) in [6.45, 7) is 4.10. The third-order valence-corrected chi connectivity index (χ3v) is 7.86. The topological polar surface area (TPSA) is 72.7 Å². The van der Waals surface area contributed by atoms with Crippen molar-refractivity contribution in [3.8, 4) is 0 Å². The highest BCUT2D eigenvalue weighted by atomic mass is 79.9. The van der Waals surface area contributed by atoms with Crippen LogP contribution in [0.1, 0.15) is 24.0 Å². The zero-order valence-corrected chi connectivity index (χ0v) is 22.6. The number of quaternary nitrogens is 1. The molecule has 3 aromatic rings. The van der Waals surface area contributed by atoms with Crippen LogP contribution in [0.4, 0.5) is 20.6 Å². The fourth-order valence-electron chi connectivity index (χ4n) is 5.65. The number of para-hydroxylation sites is 1. The van der Waals surface area contributed by atoms with Crippen LogP contribution in [0.3, 0.4) is 0 Å². The number of ether oxygens (including phenoxy) is 1. The van der Waals surface area contributed by atoms with E-state index >= 15 is 0 Å². The van der Waals surface area contributed by atoms with E-state index < -0.39 is 0 Å². The van der Waals surface area contributed by atoms with E-state index in [1.54, 1.807) is 29.2 Å². The molecule has 2 bridgehead atoms. The van der Waals surface area contributed by atoms with E-state index in [4.69, 9.17) is 4.74 Å². The Morgan fingerprint density at radius 3 is 2.24 bits per heavy atom. The number of nitro benzene ring substituents is 1. The second-order valence-electron chi connectivity index (χ2n) is 10.2. The average molecular weight is 584 g/mol. The maximum absolute atomic E-state index is 13.5. The van der Waals surface area contributed by atoms with Crippen LogP contribution in [-0.2, 0) is 17.7 Å². The van der Waals surface area contributed by atoms with Crippen molar-refractivity contribution in [2.75, 3.05) is 31.1 Å². The Morgan fingerprint density at radius 1 is 0.974 bits per heavy atom. The number of carbonyl (C=O) groups is 1. The van der Waals surface area contributed by atoms with Crippen LogP contribution in [0.15, 0.2) is 78.9 Å². The van der Waals surface area contributed by atoms with Crippen molar-refractivity contribution in [3.63, 3.8) is 0 Å². The molecule has 200 valence electrons. The summed E-state index contributed by atoms with van der Waals surface area (Å²) in [7, 11) is 0. The maximum atomic E-state index is 13.5. The van der Waals surface area contributed by atoms with Crippen molar-refractivity contribution in [2.45, 2.75) is 31.9 Å². The summed E-state index contributed by atoms with van der Waals surface area (Å²) in [5.74, 6) is 0.0411. The molecule has 6 rings (SSSR count). The van der Waals surface area contributed by atoms with Crippen LogP contribution in [0.5, 0.6) is 0 Å². The van der Waals surface area contributed by atoms with E-state index in [-0.39, 0.29) is 45.6 Å². The summed E-state index contributed by atoms with van der Waals surface area (Å²) >= 11 is 0. The van der Waals surface area contributed by atoms with Crippen molar-refractivity contribution in [1.82, 2.24) is 0 Å². The fraction of sp³-hybridized carbons (Fsp3) is 0.345. The van der Waals surface area contributed by atoms with Gasteiger partial charge in [0, 0.05) is 43.0 Å². The molecule has 3 aliphatic heterocycles. The van der Waals surface area contributed by atoms with Crippen LogP contribution in [0.25, 0.3) is 0 Å². The number of benzene rings is 3. The quantitative estimate of drug-likeness (QED) is 0.232. The second-order valence-corrected chi connectivity index (χ2v) is 10.2. The van der Waals surface area contributed by atoms with Crippen LogP contribution in [0.2, 0.25) is 0 Å². The summed E-state index contributed by atoms with van der Waals surface area (Å²) in [4.78, 5) is 25.7. The van der Waals surface area contributed by atoms with E-state index in [2.05, 4.69) is 0 Å². The third kappa shape index (κ3) is 6.39. The molecule has 1 amide bonds. The number of hydrogen-bond donors (Lipinski definition) is 0. The summed E-state index contributed by atoms with van der Waals surface area (Å²) in [6.07, 6.45) is 2.31. The summed E-state index contributed by atoms with van der Waals surface area (Å²) in [5.41, 5.74) is 2.74. The van der Waals surface area contributed by atoms with Gasteiger partial charge in [-0.1, -0.05) is 42.5 Å². The highest BCUT2D eigenvalue weighted by Gasteiger charge is 2.47. The van der Waals surface area contributed by atoms with Crippen LogP contribution in [-0.4, -0.2) is 47.8 Å². The molecule has 0 unspecified atom stereocenters. The van der Waals surface area contributed by atoms with Crippen LogP contribution >= 0.6 is 0 Å². The molecule has 9 heteroatoms. The summed E-state index contributed by atoms with van der Waals surface area (Å²) < 4.78 is 20.5. The van der Waals surface area contributed by atoms with Crippen molar-refractivity contribution >= 4 is 17.5 Å². The zero-order chi connectivity index (χ0) is 25.8. The van der Waals surface area contributed by atoms with Crippen molar-refractivity contribution < 1.29 is 40.3 Å². The predicted molar refractivity (Wildman–Crippen MR) is 139 cm³/mol. The molecule has 7 nitrogen and oxygen atoms in total.